The summed E-state index contributed by atoms with van der Waals surface area (Å²) in [6.07, 6.45) is 1.35. The zero-order valence-electron chi connectivity index (χ0n) is 11.7. The van der Waals surface area contributed by atoms with E-state index in [1.165, 1.54) is 12.1 Å². The Bertz CT molecular complexity index is 565. The molecule has 9 nitrogen and oxygen atoms in total. The van der Waals surface area contributed by atoms with Crippen molar-refractivity contribution in [1.29, 1.82) is 0 Å². The van der Waals surface area contributed by atoms with Crippen molar-refractivity contribution < 1.29 is 19.4 Å². The molecule has 0 unspecified atom stereocenters. The van der Waals surface area contributed by atoms with Crippen molar-refractivity contribution in [2.75, 3.05) is 13.1 Å². The summed E-state index contributed by atoms with van der Waals surface area (Å²) in [5.41, 5.74) is -0.576. The maximum Gasteiger partial charge on any atom is 0.309 e. The highest BCUT2D eigenvalue weighted by Crippen LogP contribution is 2.23. The second kappa shape index (κ2) is 6.94. The summed E-state index contributed by atoms with van der Waals surface area (Å²) in [5, 5.41) is 24.7. The molecular weight excluding hydrogens is 294 g/mol. The van der Waals surface area contributed by atoms with Crippen LogP contribution in [0.2, 0.25) is 0 Å². The SMILES string of the molecule is O=C(OCc1cc([N+](=O)[O-])cc([N+](=O)[O-])c1)C1CCNCC1. The van der Waals surface area contributed by atoms with E-state index in [9.17, 15) is 25.0 Å². The summed E-state index contributed by atoms with van der Waals surface area (Å²) in [7, 11) is 0. The number of nitrogens with zero attached hydrogens (tertiary/aromatic N) is 2. The van der Waals surface area contributed by atoms with Gasteiger partial charge in [0.1, 0.15) is 6.61 Å². The summed E-state index contributed by atoms with van der Waals surface area (Å²) in [6.45, 7) is 1.26. The number of nitro groups is 2. The average Bonchev–Trinajstić information content (AvgIpc) is 2.53. The van der Waals surface area contributed by atoms with Crippen LogP contribution in [0.25, 0.3) is 0 Å². The molecule has 1 heterocycles. The first kappa shape index (κ1) is 15.8. The van der Waals surface area contributed by atoms with Gasteiger partial charge in [-0.3, -0.25) is 25.0 Å². The fraction of sp³-hybridized carbons (Fsp3) is 0.462. The standard InChI is InChI=1S/C13H15N3O6/c17-13(10-1-3-14-4-2-10)22-8-9-5-11(15(18)19)7-12(6-9)16(20)21/h5-7,10,14H,1-4,8H2. The monoisotopic (exact) mass is 309 g/mol. The molecule has 9 heteroatoms. The quantitative estimate of drug-likeness (QED) is 0.497. The molecule has 1 saturated heterocycles. The van der Waals surface area contributed by atoms with Crippen molar-refractivity contribution in [2.24, 2.45) is 5.92 Å². The van der Waals surface area contributed by atoms with Gasteiger partial charge in [0.15, 0.2) is 0 Å². The molecule has 1 fully saturated rings. The van der Waals surface area contributed by atoms with E-state index in [0.717, 1.165) is 19.2 Å². The van der Waals surface area contributed by atoms with Crippen LogP contribution in [-0.4, -0.2) is 28.9 Å². The molecule has 0 radical (unpaired) electrons. The van der Waals surface area contributed by atoms with E-state index in [1.54, 1.807) is 0 Å². The predicted octanol–water partition coefficient (Wildman–Crippen LogP) is 1.55. The van der Waals surface area contributed by atoms with Gasteiger partial charge in [-0.15, -0.1) is 0 Å². The van der Waals surface area contributed by atoms with Crippen LogP contribution in [0, 0.1) is 26.1 Å². The lowest BCUT2D eigenvalue weighted by molar-refractivity contribution is -0.394. The average molecular weight is 309 g/mol. The fourth-order valence-electron chi connectivity index (χ4n) is 2.28. The number of hydrogen-bond donors (Lipinski definition) is 1. The molecule has 1 N–H and O–H groups in total. The van der Waals surface area contributed by atoms with Crippen molar-refractivity contribution >= 4 is 17.3 Å². The first-order chi connectivity index (χ1) is 10.5. The van der Waals surface area contributed by atoms with E-state index in [4.69, 9.17) is 4.74 Å². The summed E-state index contributed by atoms with van der Waals surface area (Å²) in [6, 6.07) is 3.21. The van der Waals surface area contributed by atoms with Crippen LogP contribution >= 0.6 is 0 Å². The molecule has 1 aromatic rings. The molecule has 0 bridgehead atoms. The number of nitro benzene ring substituents is 2. The van der Waals surface area contributed by atoms with Crippen LogP contribution in [0.5, 0.6) is 0 Å². The number of hydrogen-bond acceptors (Lipinski definition) is 7. The van der Waals surface area contributed by atoms with Crippen LogP contribution in [0.4, 0.5) is 11.4 Å². The van der Waals surface area contributed by atoms with Gasteiger partial charge in [0.05, 0.1) is 21.8 Å². The first-order valence-electron chi connectivity index (χ1n) is 6.77. The smallest absolute Gasteiger partial charge is 0.309 e. The van der Waals surface area contributed by atoms with Gasteiger partial charge in [0.2, 0.25) is 0 Å². The molecule has 1 aromatic carbocycles. The van der Waals surface area contributed by atoms with Gasteiger partial charge in [-0.25, -0.2) is 0 Å². The lowest BCUT2D eigenvalue weighted by Crippen LogP contribution is -2.32. The minimum atomic E-state index is -0.717. The summed E-state index contributed by atoms with van der Waals surface area (Å²) >= 11 is 0. The van der Waals surface area contributed by atoms with Crippen LogP contribution < -0.4 is 5.32 Å². The Morgan fingerprint density at radius 2 is 1.68 bits per heavy atom. The largest absolute Gasteiger partial charge is 0.461 e. The summed E-state index contributed by atoms with van der Waals surface area (Å²) in [5.74, 6) is -0.578. The zero-order valence-corrected chi connectivity index (χ0v) is 11.7. The van der Waals surface area contributed by atoms with Crippen molar-refractivity contribution in [2.45, 2.75) is 19.4 Å². The molecular formula is C13H15N3O6. The maximum atomic E-state index is 11.9. The Balaban J connectivity index is 2.06. The molecule has 118 valence electrons. The van der Waals surface area contributed by atoms with Crippen molar-refractivity contribution in [3.05, 3.63) is 44.0 Å². The van der Waals surface area contributed by atoms with E-state index >= 15 is 0 Å². The van der Waals surface area contributed by atoms with Crippen molar-refractivity contribution in [3.63, 3.8) is 0 Å². The Morgan fingerprint density at radius 1 is 1.14 bits per heavy atom. The molecule has 22 heavy (non-hydrogen) atoms. The third-order valence-electron chi connectivity index (χ3n) is 3.44. The lowest BCUT2D eigenvalue weighted by atomic mass is 9.98. The predicted molar refractivity (Wildman–Crippen MR) is 75.1 cm³/mol. The molecule has 0 amide bonds. The fourth-order valence-corrected chi connectivity index (χ4v) is 2.28. The highest BCUT2D eigenvalue weighted by atomic mass is 16.6. The van der Waals surface area contributed by atoms with Crippen molar-refractivity contribution in [3.8, 4) is 0 Å². The molecule has 1 aliphatic rings. The molecule has 2 rings (SSSR count). The van der Waals surface area contributed by atoms with E-state index < -0.39 is 21.2 Å². The number of piperidine rings is 1. The van der Waals surface area contributed by atoms with Gasteiger partial charge in [-0.1, -0.05) is 0 Å². The van der Waals surface area contributed by atoms with E-state index in [2.05, 4.69) is 5.32 Å². The first-order valence-corrected chi connectivity index (χ1v) is 6.77. The number of carbonyl (C=O) groups is 1. The van der Waals surface area contributed by atoms with Crippen molar-refractivity contribution in [1.82, 2.24) is 5.32 Å². The number of rotatable bonds is 5. The third-order valence-corrected chi connectivity index (χ3v) is 3.44. The van der Waals surface area contributed by atoms with Gasteiger partial charge < -0.3 is 10.1 Å². The molecule has 0 atom stereocenters. The Kier molecular flexibility index (Phi) is 4.99. The van der Waals surface area contributed by atoms with E-state index in [-0.39, 0.29) is 24.1 Å². The number of non-ortho nitro benzene ring substituents is 2. The number of benzene rings is 1. The van der Waals surface area contributed by atoms with Gasteiger partial charge in [-0.2, -0.15) is 0 Å². The van der Waals surface area contributed by atoms with Crippen LogP contribution in [0.1, 0.15) is 18.4 Å². The minimum absolute atomic E-state index is 0.199. The van der Waals surface area contributed by atoms with Gasteiger partial charge >= 0.3 is 5.97 Å². The molecule has 0 aromatic heterocycles. The Labute approximate surface area is 125 Å². The topological polar surface area (TPSA) is 125 Å². The van der Waals surface area contributed by atoms with E-state index in [1.807, 2.05) is 0 Å². The molecule has 0 saturated carbocycles. The number of esters is 1. The minimum Gasteiger partial charge on any atom is -0.461 e. The third kappa shape index (κ3) is 3.98. The van der Waals surface area contributed by atoms with Gasteiger partial charge in [0.25, 0.3) is 11.4 Å². The number of carbonyl (C=O) groups excluding carboxylic acids is 1. The highest BCUT2D eigenvalue weighted by Gasteiger charge is 2.23. The molecule has 0 aliphatic carbocycles. The van der Waals surface area contributed by atoms with Gasteiger partial charge in [0, 0.05) is 17.7 Å². The Morgan fingerprint density at radius 3 is 2.18 bits per heavy atom. The number of ether oxygens (including phenoxy) is 1. The summed E-state index contributed by atoms with van der Waals surface area (Å²) < 4.78 is 5.13. The molecule has 0 spiro atoms. The van der Waals surface area contributed by atoms with E-state index in [0.29, 0.717) is 12.8 Å². The van der Waals surface area contributed by atoms with Gasteiger partial charge in [-0.05, 0) is 25.9 Å². The zero-order chi connectivity index (χ0) is 16.1. The molecule has 1 aliphatic heterocycles. The van der Waals surface area contributed by atoms with Crippen LogP contribution in [0.15, 0.2) is 18.2 Å². The second-order valence-corrected chi connectivity index (χ2v) is 5.00. The maximum absolute atomic E-state index is 11.9. The Hall–Kier alpha value is -2.55. The second-order valence-electron chi connectivity index (χ2n) is 5.00. The van der Waals surface area contributed by atoms with Crippen LogP contribution in [-0.2, 0) is 16.1 Å². The highest BCUT2D eigenvalue weighted by molar-refractivity contribution is 5.72. The van der Waals surface area contributed by atoms with Crippen LogP contribution in [0.3, 0.4) is 0 Å². The normalized spacial score (nSPS) is 15.3. The lowest BCUT2D eigenvalue weighted by Gasteiger charge is -2.20. The number of nitrogens with one attached hydrogen (secondary N) is 1. The summed E-state index contributed by atoms with van der Waals surface area (Å²) in [4.78, 5) is 32.0.